The number of rotatable bonds is 10. The van der Waals surface area contributed by atoms with Crippen molar-refractivity contribution in [3.8, 4) is 0 Å². The van der Waals surface area contributed by atoms with E-state index in [1.54, 1.807) is 27.3 Å². The second-order valence-electron chi connectivity index (χ2n) is 16.7. The molecule has 6 aromatic rings. The summed E-state index contributed by atoms with van der Waals surface area (Å²) in [5, 5.41) is 9.25. The Balaban J connectivity index is 0.000000140. The number of ether oxygens (including phenoxy) is 3. The van der Waals surface area contributed by atoms with Crippen molar-refractivity contribution < 1.29 is 33.4 Å². The molecule has 5 N–H and O–H groups in total. The predicted molar refractivity (Wildman–Crippen MR) is 242 cm³/mol. The molecular formula is C49H60N6O7. The van der Waals surface area contributed by atoms with Crippen molar-refractivity contribution in [2.45, 2.75) is 84.2 Å². The first kappa shape index (κ1) is 44.1. The van der Waals surface area contributed by atoms with Crippen LogP contribution in [-0.4, -0.2) is 104 Å². The van der Waals surface area contributed by atoms with E-state index in [0.29, 0.717) is 30.8 Å². The topological polar surface area (TPSA) is 171 Å². The van der Waals surface area contributed by atoms with Crippen LogP contribution in [0.1, 0.15) is 103 Å². The monoisotopic (exact) mass is 844 g/mol. The number of benzene rings is 3. The van der Waals surface area contributed by atoms with Gasteiger partial charge in [-0.2, -0.15) is 0 Å². The standard InChI is InChI=1S/C17H20N2O3.2C16H20N2O2/c1-19(2)16(20)10-22-17(21)11-7-8-15-13(9-11)12-5-3-4-6-14(12)18-15;1-10-11(2)18-15-6-5-12(8-14(10)15)16(19)17-9-13-4-3-7-20-13;1-20-9-8-17-16(19)11-6-7-15-13(10-11)12-4-2-3-5-14(12)18-15/h7-9,18H,3-6,10H2,1-2H3;5-6,8,13,18H,3-4,7,9H2,1-2H3,(H,17,19);6-7,10,18H,2-5,8-9H2,1H3,(H,17,19). The molecule has 1 atom stereocenters. The molecule has 13 nitrogen and oxygen atoms in total. The summed E-state index contributed by atoms with van der Waals surface area (Å²) >= 11 is 0. The van der Waals surface area contributed by atoms with E-state index in [-0.39, 0.29) is 30.4 Å². The van der Waals surface area contributed by atoms with Gasteiger partial charge in [-0.25, -0.2) is 4.79 Å². The average molecular weight is 845 g/mol. The molecular weight excluding hydrogens is 785 g/mol. The molecule has 3 aliphatic rings. The van der Waals surface area contributed by atoms with Crippen LogP contribution in [0.2, 0.25) is 0 Å². The zero-order valence-electron chi connectivity index (χ0n) is 36.7. The average Bonchev–Trinajstić information content (AvgIpc) is 4.09. The third kappa shape index (κ3) is 10.4. The quantitative estimate of drug-likeness (QED) is 0.0707. The Bertz CT molecular complexity index is 2560. The summed E-state index contributed by atoms with van der Waals surface area (Å²) in [4.78, 5) is 59.5. The molecule has 0 saturated carbocycles. The number of fused-ring (bicyclic) bond motifs is 7. The lowest BCUT2D eigenvalue weighted by Gasteiger charge is -2.11. The highest BCUT2D eigenvalue weighted by Gasteiger charge is 2.20. The zero-order chi connectivity index (χ0) is 43.8. The van der Waals surface area contributed by atoms with E-state index >= 15 is 0 Å². The molecule has 0 radical (unpaired) electrons. The van der Waals surface area contributed by atoms with Gasteiger partial charge in [-0.3, -0.25) is 14.4 Å². The zero-order valence-corrected chi connectivity index (χ0v) is 36.7. The number of aromatic amines is 3. The van der Waals surface area contributed by atoms with Crippen molar-refractivity contribution in [1.29, 1.82) is 0 Å². The van der Waals surface area contributed by atoms with Crippen LogP contribution >= 0.6 is 0 Å². The number of hydrogen-bond acceptors (Lipinski definition) is 7. The Morgan fingerprint density at radius 3 is 1.84 bits per heavy atom. The van der Waals surface area contributed by atoms with E-state index in [9.17, 15) is 19.2 Å². The van der Waals surface area contributed by atoms with Gasteiger partial charge in [0.2, 0.25) is 0 Å². The SMILES string of the molecule is CN(C)C(=O)COC(=O)c1ccc2[nH]c3c(c2c1)CCCC3.COCCNC(=O)c1ccc2[nH]c3c(c2c1)CCCC3.Cc1[nH]c2ccc(C(=O)NCC3CCCO3)cc2c1C. The summed E-state index contributed by atoms with van der Waals surface area (Å²) in [6.45, 7) is 6.38. The first-order valence-electron chi connectivity index (χ1n) is 21.9. The van der Waals surface area contributed by atoms with Crippen LogP contribution < -0.4 is 10.6 Å². The number of carbonyl (C=O) groups excluding carboxylic acids is 4. The molecule has 3 aromatic carbocycles. The van der Waals surface area contributed by atoms with E-state index in [1.165, 1.54) is 64.0 Å². The van der Waals surface area contributed by atoms with Crippen LogP contribution in [0.25, 0.3) is 32.7 Å². The molecule has 9 rings (SSSR count). The fraction of sp³-hybridized carbons (Fsp3) is 0.429. The maximum absolute atomic E-state index is 12.2. The van der Waals surface area contributed by atoms with Gasteiger partial charge in [-0.05, 0) is 149 Å². The second kappa shape index (κ2) is 20.3. The summed E-state index contributed by atoms with van der Waals surface area (Å²) in [7, 11) is 4.90. The number of carbonyl (C=O) groups is 4. The molecule has 1 unspecified atom stereocenters. The van der Waals surface area contributed by atoms with Crippen LogP contribution in [-0.2, 0) is 44.7 Å². The van der Waals surface area contributed by atoms with Gasteiger partial charge in [-0.15, -0.1) is 0 Å². The fourth-order valence-electron chi connectivity index (χ4n) is 8.51. The molecule has 62 heavy (non-hydrogen) atoms. The Kier molecular flexibility index (Phi) is 14.5. The van der Waals surface area contributed by atoms with Crippen molar-refractivity contribution in [2.75, 3.05) is 54.1 Å². The summed E-state index contributed by atoms with van der Waals surface area (Å²) in [6.07, 6.45) is 11.6. The van der Waals surface area contributed by atoms with Gasteiger partial charge in [-0.1, -0.05) is 0 Å². The molecule has 3 amide bonds. The lowest BCUT2D eigenvalue weighted by Crippen LogP contribution is -2.31. The maximum Gasteiger partial charge on any atom is 0.338 e. The normalized spacial score (nSPS) is 15.5. The minimum Gasteiger partial charge on any atom is -0.452 e. The van der Waals surface area contributed by atoms with Gasteiger partial charge in [0.1, 0.15) is 0 Å². The highest BCUT2D eigenvalue weighted by molar-refractivity contribution is 6.00. The highest BCUT2D eigenvalue weighted by atomic mass is 16.5. The molecule has 0 spiro atoms. The molecule has 4 heterocycles. The van der Waals surface area contributed by atoms with Gasteiger partial charge in [0.15, 0.2) is 6.61 Å². The van der Waals surface area contributed by atoms with Crippen molar-refractivity contribution in [2.24, 2.45) is 0 Å². The van der Waals surface area contributed by atoms with Crippen LogP contribution in [0, 0.1) is 13.8 Å². The number of nitrogens with one attached hydrogen (secondary N) is 5. The largest absolute Gasteiger partial charge is 0.452 e. The van der Waals surface area contributed by atoms with E-state index < -0.39 is 5.97 Å². The number of likely N-dealkylation sites (N-methyl/N-ethyl adjacent to an activating group) is 1. The van der Waals surface area contributed by atoms with Crippen molar-refractivity contribution >= 4 is 56.4 Å². The molecule has 1 fully saturated rings. The molecule has 1 saturated heterocycles. The lowest BCUT2D eigenvalue weighted by molar-refractivity contribution is -0.131. The van der Waals surface area contributed by atoms with Gasteiger partial charge >= 0.3 is 5.97 Å². The molecule has 1 aliphatic heterocycles. The number of methoxy groups -OCH3 is 1. The van der Waals surface area contributed by atoms with E-state index in [0.717, 1.165) is 83.7 Å². The van der Waals surface area contributed by atoms with E-state index in [2.05, 4.69) is 32.5 Å². The number of esters is 1. The van der Waals surface area contributed by atoms with Crippen LogP contribution in [0.15, 0.2) is 54.6 Å². The molecule has 2 aliphatic carbocycles. The van der Waals surface area contributed by atoms with Crippen LogP contribution in [0.3, 0.4) is 0 Å². The van der Waals surface area contributed by atoms with Crippen molar-refractivity contribution in [1.82, 2.24) is 30.5 Å². The minimum absolute atomic E-state index is 0.0272. The van der Waals surface area contributed by atoms with E-state index in [4.69, 9.17) is 14.2 Å². The number of amides is 3. The Morgan fingerprint density at radius 2 is 1.26 bits per heavy atom. The Labute approximate surface area is 362 Å². The van der Waals surface area contributed by atoms with Gasteiger partial charge in [0.05, 0.1) is 18.3 Å². The fourth-order valence-corrected chi connectivity index (χ4v) is 8.51. The first-order chi connectivity index (χ1) is 30.0. The van der Waals surface area contributed by atoms with E-state index in [1.807, 2.05) is 55.5 Å². The summed E-state index contributed by atoms with van der Waals surface area (Å²) in [5.41, 5.74) is 12.9. The summed E-state index contributed by atoms with van der Waals surface area (Å²) in [6, 6.07) is 17.2. The number of H-pyrrole nitrogens is 3. The molecule has 13 heteroatoms. The summed E-state index contributed by atoms with van der Waals surface area (Å²) in [5.74, 6) is -0.744. The smallest absolute Gasteiger partial charge is 0.338 e. The number of aryl methyl sites for hydroxylation is 6. The predicted octanol–water partition coefficient (Wildman–Crippen LogP) is 7.41. The van der Waals surface area contributed by atoms with Gasteiger partial charge in [0, 0.05) is 102 Å². The molecule has 0 bridgehead atoms. The molecule has 328 valence electrons. The number of nitrogens with zero attached hydrogens (tertiary/aromatic N) is 1. The van der Waals surface area contributed by atoms with Crippen LogP contribution in [0.5, 0.6) is 0 Å². The van der Waals surface area contributed by atoms with Crippen molar-refractivity contribution in [3.63, 3.8) is 0 Å². The number of aromatic nitrogens is 3. The second-order valence-corrected chi connectivity index (χ2v) is 16.7. The third-order valence-corrected chi connectivity index (χ3v) is 12.2. The lowest BCUT2D eigenvalue weighted by atomic mass is 9.95. The third-order valence-electron chi connectivity index (χ3n) is 12.2. The first-order valence-corrected chi connectivity index (χ1v) is 21.9. The summed E-state index contributed by atoms with van der Waals surface area (Å²) < 4.78 is 15.5. The van der Waals surface area contributed by atoms with Crippen LogP contribution in [0.4, 0.5) is 0 Å². The Morgan fingerprint density at radius 1 is 0.710 bits per heavy atom. The minimum atomic E-state index is -0.456. The highest BCUT2D eigenvalue weighted by Crippen LogP contribution is 2.31. The van der Waals surface area contributed by atoms with Gasteiger partial charge in [0.25, 0.3) is 17.7 Å². The van der Waals surface area contributed by atoms with Gasteiger partial charge < -0.3 is 44.7 Å². The Hall–Kier alpha value is -5.92. The molecule has 3 aromatic heterocycles. The maximum atomic E-state index is 12.2. The number of hydrogen-bond donors (Lipinski definition) is 5. The van der Waals surface area contributed by atoms with Crippen molar-refractivity contribution in [3.05, 3.63) is 105 Å².